The molecule has 0 fully saturated rings. The number of benzene rings is 2. The van der Waals surface area contributed by atoms with Gasteiger partial charge in [-0.3, -0.25) is 14.5 Å². The zero-order valence-electron chi connectivity index (χ0n) is 24.5. The molecule has 4 N–H and O–H groups in total. The molecule has 0 bridgehead atoms. The molecule has 0 aliphatic carbocycles. The second-order valence-electron chi connectivity index (χ2n) is 10.7. The normalized spacial score (nSPS) is 14.4. The van der Waals surface area contributed by atoms with E-state index in [1.807, 2.05) is 56.5 Å². The van der Waals surface area contributed by atoms with Gasteiger partial charge in [0.05, 0.1) is 41.4 Å². The summed E-state index contributed by atoms with van der Waals surface area (Å²) >= 11 is 1.53. The van der Waals surface area contributed by atoms with Crippen LogP contribution in [0.5, 0.6) is 11.5 Å². The Morgan fingerprint density at radius 1 is 1.05 bits per heavy atom. The summed E-state index contributed by atoms with van der Waals surface area (Å²) in [5.41, 5.74) is 9.72. The van der Waals surface area contributed by atoms with Gasteiger partial charge in [0.15, 0.2) is 17.3 Å². The van der Waals surface area contributed by atoms with E-state index in [0.717, 1.165) is 23.6 Å². The number of fused-ring (bicyclic) bond motifs is 3. The van der Waals surface area contributed by atoms with E-state index in [2.05, 4.69) is 15.3 Å². The van der Waals surface area contributed by atoms with Crippen molar-refractivity contribution in [3.05, 3.63) is 59.2 Å². The highest BCUT2D eigenvalue weighted by atomic mass is 32.2. The molecule has 10 nitrogen and oxygen atoms in total. The second-order valence-corrected chi connectivity index (χ2v) is 11.5. The van der Waals surface area contributed by atoms with Crippen LogP contribution >= 0.6 is 11.8 Å². The molecule has 42 heavy (non-hydrogen) atoms. The van der Waals surface area contributed by atoms with Crippen molar-refractivity contribution in [3.63, 3.8) is 0 Å². The molecule has 0 radical (unpaired) electrons. The standard InChI is InChI=1S/C31H36N6O4S/c1-31(2)19-17-20(32)26-27(36-28(35-26)21-8-6-9-24(34-21)42-5)25(19)29(38)37(30(31)39)15-7-13-33-14-12-18-10-11-22(40-3)23(16-18)41-4/h6,8-11,16-17,33H,7,12-15,32H2,1-5H3,(H,35,36). The van der Waals surface area contributed by atoms with Gasteiger partial charge in [-0.2, -0.15) is 0 Å². The quantitative estimate of drug-likeness (QED) is 0.101. The highest BCUT2D eigenvalue weighted by Gasteiger charge is 2.46. The van der Waals surface area contributed by atoms with E-state index in [9.17, 15) is 9.59 Å². The van der Waals surface area contributed by atoms with E-state index >= 15 is 0 Å². The van der Waals surface area contributed by atoms with E-state index in [0.29, 0.717) is 70.4 Å². The molecule has 0 saturated carbocycles. The summed E-state index contributed by atoms with van der Waals surface area (Å²) in [5, 5.41) is 4.27. The van der Waals surface area contributed by atoms with Crippen molar-refractivity contribution in [1.82, 2.24) is 25.2 Å². The fourth-order valence-corrected chi connectivity index (χ4v) is 5.72. The Balaban J connectivity index is 1.31. The van der Waals surface area contributed by atoms with Crippen molar-refractivity contribution in [2.75, 3.05) is 45.8 Å². The van der Waals surface area contributed by atoms with Gasteiger partial charge in [-0.1, -0.05) is 12.1 Å². The van der Waals surface area contributed by atoms with Crippen molar-refractivity contribution in [2.45, 2.75) is 37.1 Å². The zero-order valence-corrected chi connectivity index (χ0v) is 25.4. The van der Waals surface area contributed by atoms with Crippen LogP contribution in [0.4, 0.5) is 5.69 Å². The molecule has 3 heterocycles. The fourth-order valence-electron chi connectivity index (χ4n) is 5.32. The number of rotatable bonds is 11. The van der Waals surface area contributed by atoms with Gasteiger partial charge >= 0.3 is 0 Å². The summed E-state index contributed by atoms with van der Waals surface area (Å²) in [4.78, 5) is 41.5. The molecule has 5 rings (SSSR count). The number of anilines is 1. The number of nitrogen functional groups attached to an aromatic ring is 1. The van der Waals surface area contributed by atoms with E-state index in [1.54, 1.807) is 20.3 Å². The lowest BCUT2D eigenvalue weighted by atomic mass is 9.76. The number of methoxy groups -OCH3 is 2. The maximum absolute atomic E-state index is 13.9. The van der Waals surface area contributed by atoms with Crippen LogP contribution in [0.25, 0.3) is 22.6 Å². The predicted molar refractivity (Wildman–Crippen MR) is 165 cm³/mol. The maximum atomic E-state index is 13.9. The first-order chi connectivity index (χ1) is 20.2. The van der Waals surface area contributed by atoms with Crippen LogP contribution in [0.1, 0.15) is 41.8 Å². The van der Waals surface area contributed by atoms with Crippen molar-refractivity contribution in [3.8, 4) is 23.0 Å². The van der Waals surface area contributed by atoms with Crippen molar-refractivity contribution >= 4 is 40.3 Å². The van der Waals surface area contributed by atoms with Gasteiger partial charge < -0.3 is 25.5 Å². The molecule has 2 amide bonds. The zero-order chi connectivity index (χ0) is 30.0. The maximum Gasteiger partial charge on any atom is 0.263 e. The molecule has 2 aromatic carbocycles. The highest BCUT2D eigenvalue weighted by molar-refractivity contribution is 7.98. The number of H-pyrrole nitrogens is 1. The lowest BCUT2D eigenvalue weighted by Crippen LogP contribution is -2.52. The molecule has 0 unspecified atom stereocenters. The third-order valence-electron chi connectivity index (χ3n) is 7.66. The molecule has 0 saturated heterocycles. The number of amides is 2. The number of aromatic nitrogens is 3. The molecule has 2 aromatic heterocycles. The first kappa shape index (κ1) is 29.4. The van der Waals surface area contributed by atoms with E-state index in [4.69, 9.17) is 20.2 Å². The monoisotopic (exact) mass is 588 g/mol. The van der Waals surface area contributed by atoms with E-state index in [-0.39, 0.29) is 11.8 Å². The van der Waals surface area contributed by atoms with Gasteiger partial charge in [0, 0.05) is 6.54 Å². The Kier molecular flexibility index (Phi) is 8.42. The minimum Gasteiger partial charge on any atom is -0.493 e. The number of hydrogen-bond acceptors (Lipinski definition) is 9. The number of nitrogens with zero attached hydrogens (tertiary/aromatic N) is 3. The number of carbonyl (C=O) groups excluding carboxylic acids is 2. The average Bonchev–Trinajstić information content (AvgIpc) is 3.45. The highest BCUT2D eigenvalue weighted by Crippen LogP contribution is 2.40. The number of ether oxygens (including phenoxy) is 2. The Morgan fingerprint density at radius 3 is 2.57 bits per heavy atom. The second kappa shape index (κ2) is 12.0. The van der Waals surface area contributed by atoms with Crippen molar-refractivity contribution < 1.29 is 19.1 Å². The van der Waals surface area contributed by atoms with E-state index in [1.165, 1.54) is 16.7 Å². The lowest BCUT2D eigenvalue weighted by molar-refractivity contribution is -0.134. The minimum atomic E-state index is -0.942. The number of imide groups is 1. The summed E-state index contributed by atoms with van der Waals surface area (Å²) in [5.74, 6) is 1.32. The van der Waals surface area contributed by atoms with Gasteiger partial charge in [-0.25, -0.2) is 9.97 Å². The third kappa shape index (κ3) is 5.41. The summed E-state index contributed by atoms with van der Waals surface area (Å²) in [6.07, 6.45) is 3.38. The molecular formula is C31H36N6O4S. The molecular weight excluding hydrogens is 552 g/mol. The number of aromatic amines is 1. The van der Waals surface area contributed by atoms with Gasteiger partial charge in [0.2, 0.25) is 5.91 Å². The lowest BCUT2D eigenvalue weighted by Gasteiger charge is -2.37. The number of nitrogens with one attached hydrogen (secondary N) is 2. The summed E-state index contributed by atoms with van der Waals surface area (Å²) in [6, 6.07) is 13.3. The summed E-state index contributed by atoms with van der Waals surface area (Å²) in [7, 11) is 3.24. The average molecular weight is 589 g/mol. The van der Waals surface area contributed by atoms with Crippen LogP contribution in [0.15, 0.2) is 47.5 Å². The molecule has 4 aromatic rings. The first-order valence-electron chi connectivity index (χ1n) is 13.8. The molecule has 11 heteroatoms. The summed E-state index contributed by atoms with van der Waals surface area (Å²) in [6.45, 7) is 5.35. The van der Waals surface area contributed by atoms with Crippen molar-refractivity contribution in [1.29, 1.82) is 0 Å². The molecule has 0 spiro atoms. The van der Waals surface area contributed by atoms with Crippen LogP contribution in [0.3, 0.4) is 0 Å². The van der Waals surface area contributed by atoms with Crippen LogP contribution in [0, 0.1) is 0 Å². The summed E-state index contributed by atoms with van der Waals surface area (Å²) < 4.78 is 10.7. The predicted octanol–water partition coefficient (Wildman–Crippen LogP) is 4.43. The number of imidazole rings is 1. The SMILES string of the molecule is COc1ccc(CCNCCCN2C(=O)c3c(cc(N)c4[nH]c(-c5cccc(SC)n5)nc34)C(C)(C)C2=O)cc1OC. The number of hydrogen-bond donors (Lipinski definition) is 3. The van der Waals surface area contributed by atoms with Crippen LogP contribution in [0.2, 0.25) is 0 Å². The number of nitrogens with two attached hydrogens (primary N) is 1. The van der Waals surface area contributed by atoms with Crippen LogP contribution < -0.4 is 20.5 Å². The number of carbonyl (C=O) groups is 2. The molecule has 1 aliphatic rings. The van der Waals surface area contributed by atoms with E-state index < -0.39 is 5.41 Å². The molecule has 0 atom stereocenters. The fraction of sp³-hybridized carbons (Fsp3) is 0.355. The largest absolute Gasteiger partial charge is 0.493 e. The van der Waals surface area contributed by atoms with Gasteiger partial charge in [-0.15, -0.1) is 11.8 Å². The van der Waals surface area contributed by atoms with Crippen LogP contribution in [-0.2, 0) is 16.6 Å². The van der Waals surface area contributed by atoms with Crippen LogP contribution in [-0.4, -0.2) is 71.8 Å². The van der Waals surface area contributed by atoms with Gasteiger partial charge in [-0.05, 0) is 87.5 Å². The Bertz CT molecular complexity index is 1650. The molecule has 220 valence electrons. The topological polar surface area (TPSA) is 135 Å². The van der Waals surface area contributed by atoms with Gasteiger partial charge in [0.1, 0.15) is 11.2 Å². The number of thioether (sulfide) groups is 1. The Morgan fingerprint density at radius 2 is 1.83 bits per heavy atom. The van der Waals surface area contributed by atoms with Gasteiger partial charge in [0.25, 0.3) is 5.91 Å². The number of pyridine rings is 1. The Labute approximate surface area is 249 Å². The van der Waals surface area contributed by atoms with Crippen molar-refractivity contribution in [2.24, 2.45) is 0 Å². The Hall–Kier alpha value is -4.09. The smallest absolute Gasteiger partial charge is 0.263 e. The minimum absolute atomic E-state index is 0.242. The molecule has 1 aliphatic heterocycles. The third-order valence-corrected chi connectivity index (χ3v) is 8.31. The first-order valence-corrected chi connectivity index (χ1v) is 15.0.